The summed E-state index contributed by atoms with van der Waals surface area (Å²) in [6.07, 6.45) is 5.51. The molecule has 3 heteroatoms. The van der Waals surface area contributed by atoms with Crippen molar-refractivity contribution in [2.75, 3.05) is 18.4 Å². The number of nitrogens with zero attached hydrogens (tertiary/aromatic N) is 1. The van der Waals surface area contributed by atoms with Crippen molar-refractivity contribution in [3.05, 3.63) is 0 Å². The molecular formula is C13H24BrNO. The SMILES string of the molecule is CCC(C)CC(=O)N1CCCC(CCBr)C1. The topological polar surface area (TPSA) is 20.3 Å². The van der Waals surface area contributed by atoms with Crippen LogP contribution in [0.15, 0.2) is 0 Å². The van der Waals surface area contributed by atoms with Crippen LogP contribution in [0, 0.1) is 11.8 Å². The molecule has 0 aliphatic carbocycles. The van der Waals surface area contributed by atoms with Crippen LogP contribution in [0.5, 0.6) is 0 Å². The van der Waals surface area contributed by atoms with Gasteiger partial charge in [-0.25, -0.2) is 0 Å². The van der Waals surface area contributed by atoms with E-state index in [0.717, 1.165) is 31.3 Å². The zero-order valence-electron chi connectivity index (χ0n) is 10.5. The van der Waals surface area contributed by atoms with Gasteiger partial charge in [0.05, 0.1) is 0 Å². The fraction of sp³-hybridized carbons (Fsp3) is 0.923. The molecule has 94 valence electrons. The van der Waals surface area contributed by atoms with E-state index in [-0.39, 0.29) is 0 Å². The molecule has 1 heterocycles. The highest BCUT2D eigenvalue weighted by Gasteiger charge is 2.23. The van der Waals surface area contributed by atoms with E-state index in [1.54, 1.807) is 0 Å². The summed E-state index contributed by atoms with van der Waals surface area (Å²) >= 11 is 3.49. The average molecular weight is 290 g/mol. The molecule has 0 aromatic heterocycles. The molecule has 1 amide bonds. The normalized spacial score (nSPS) is 23.2. The molecular weight excluding hydrogens is 266 g/mol. The van der Waals surface area contributed by atoms with Crippen molar-refractivity contribution in [3.8, 4) is 0 Å². The maximum atomic E-state index is 12.0. The van der Waals surface area contributed by atoms with Gasteiger partial charge in [0.25, 0.3) is 0 Å². The van der Waals surface area contributed by atoms with Gasteiger partial charge >= 0.3 is 0 Å². The molecule has 2 atom stereocenters. The quantitative estimate of drug-likeness (QED) is 0.710. The van der Waals surface area contributed by atoms with Gasteiger partial charge in [-0.1, -0.05) is 36.2 Å². The number of hydrogen-bond acceptors (Lipinski definition) is 1. The van der Waals surface area contributed by atoms with Crippen molar-refractivity contribution in [2.45, 2.75) is 46.0 Å². The molecule has 0 N–H and O–H groups in total. The Labute approximate surface area is 108 Å². The Bertz CT molecular complexity index is 218. The third-order valence-corrected chi connectivity index (χ3v) is 4.07. The molecule has 1 aliphatic heterocycles. The van der Waals surface area contributed by atoms with Crippen molar-refractivity contribution in [2.24, 2.45) is 11.8 Å². The minimum Gasteiger partial charge on any atom is -0.342 e. The lowest BCUT2D eigenvalue weighted by atomic mass is 9.94. The Hall–Kier alpha value is -0.0500. The number of halogens is 1. The summed E-state index contributed by atoms with van der Waals surface area (Å²) in [5.74, 6) is 1.62. The van der Waals surface area contributed by atoms with Crippen molar-refractivity contribution in [1.82, 2.24) is 4.90 Å². The summed E-state index contributed by atoms with van der Waals surface area (Å²) in [6.45, 7) is 6.29. The van der Waals surface area contributed by atoms with Crippen LogP contribution < -0.4 is 0 Å². The van der Waals surface area contributed by atoms with Crippen molar-refractivity contribution < 1.29 is 4.79 Å². The minimum atomic E-state index is 0.369. The van der Waals surface area contributed by atoms with Gasteiger partial charge in [-0.05, 0) is 31.1 Å². The van der Waals surface area contributed by atoms with E-state index in [1.807, 2.05) is 0 Å². The van der Waals surface area contributed by atoms with E-state index in [0.29, 0.717) is 17.7 Å². The molecule has 0 saturated carbocycles. The molecule has 0 bridgehead atoms. The monoisotopic (exact) mass is 289 g/mol. The highest BCUT2D eigenvalue weighted by molar-refractivity contribution is 9.09. The first-order valence-corrected chi connectivity index (χ1v) is 7.63. The summed E-state index contributed by atoms with van der Waals surface area (Å²) in [5, 5.41) is 1.06. The standard InChI is InChI=1S/C13H24BrNO/c1-3-11(2)9-13(16)15-8-4-5-12(10-15)6-7-14/h11-12H,3-10H2,1-2H3. The number of amides is 1. The van der Waals surface area contributed by atoms with Crippen LogP contribution >= 0.6 is 15.9 Å². The van der Waals surface area contributed by atoms with Gasteiger partial charge in [0.15, 0.2) is 0 Å². The van der Waals surface area contributed by atoms with Crippen LogP contribution in [0.25, 0.3) is 0 Å². The van der Waals surface area contributed by atoms with E-state index in [2.05, 4.69) is 34.7 Å². The minimum absolute atomic E-state index is 0.369. The smallest absolute Gasteiger partial charge is 0.222 e. The van der Waals surface area contributed by atoms with E-state index >= 15 is 0 Å². The largest absolute Gasteiger partial charge is 0.342 e. The molecule has 16 heavy (non-hydrogen) atoms. The molecule has 1 aliphatic rings. The van der Waals surface area contributed by atoms with Crippen LogP contribution in [0.4, 0.5) is 0 Å². The van der Waals surface area contributed by atoms with Gasteiger partial charge in [-0.15, -0.1) is 0 Å². The van der Waals surface area contributed by atoms with Crippen molar-refractivity contribution >= 4 is 21.8 Å². The third-order valence-electron chi connectivity index (χ3n) is 3.61. The molecule has 0 aromatic rings. The zero-order chi connectivity index (χ0) is 12.0. The predicted octanol–water partition coefficient (Wildman–Crippen LogP) is 3.45. The summed E-state index contributed by atoms with van der Waals surface area (Å²) < 4.78 is 0. The molecule has 2 nitrogen and oxygen atoms in total. The first kappa shape index (κ1) is 14.0. The van der Waals surface area contributed by atoms with Crippen LogP contribution in [-0.4, -0.2) is 29.2 Å². The highest BCUT2D eigenvalue weighted by Crippen LogP contribution is 2.21. The Morgan fingerprint density at radius 2 is 2.31 bits per heavy atom. The molecule has 1 fully saturated rings. The lowest BCUT2D eigenvalue weighted by Gasteiger charge is -2.33. The average Bonchev–Trinajstić information content (AvgIpc) is 2.29. The number of rotatable bonds is 5. The number of carbonyl (C=O) groups is 1. The summed E-state index contributed by atoms with van der Waals surface area (Å²) in [7, 11) is 0. The zero-order valence-corrected chi connectivity index (χ0v) is 12.1. The maximum absolute atomic E-state index is 12.0. The van der Waals surface area contributed by atoms with Gasteiger partial charge in [-0.2, -0.15) is 0 Å². The maximum Gasteiger partial charge on any atom is 0.222 e. The number of alkyl halides is 1. The third kappa shape index (κ3) is 4.44. The number of piperidine rings is 1. The van der Waals surface area contributed by atoms with Gasteiger partial charge in [0.1, 0.15) is 0 Å². The van der Waals surface area contributed by atoms with Crippen molar-refractivity contribution in [3.63, 3.8) is 0 Å². The van der Waals surface area contributed by atoms with E-state index in [9.17, 15) is 4.79 Å². The van der Waals surface area contributed by atoms with Crippen molar-refractivity contribution in [1.29, 1.82) is 0 Å². The van der Waals surface area contributed by atoms with E-state index in [1.165, 1.54) is 19.3 Å². The van der Waals surface area contributed by atoms with Crippen LogP contribution in [0.2, 0.25) is 0 Å². The second kappa shape index (κ2) is 7.31. The fourth-order valence-electron chi connectivity index (χ4n) is 2.25. The Morgan fingerprint density at radius 3 is 2.94 bits per heavy atom. The second-order valence-electron chi connectivity index (χ2n) is 5.04. The molecule has 2 unspecified atom stereocenters. The molecule has 0 spiro atoms. The fourth-order valence-corrected chi connectivity index (χ4v) is 2.90. The van der Waals surface area contributed by atoms with Gasteiger partial charge in [-0.3, -0.25) is 4.79 Å². The lowest BCUT2D eigenvalue weighted by molar-refractivity contribution is -0.133. The van der Waals surface area contributed by atoms with E-state index in [4.69, 9.17) is 0 Å². The lowest BCUT2D eigenvalue weighted by Crippen LogP contribution is -2.40. The van der Waals surface area contributed by atoms with Gasteiger partial charge in [0.2, 0.25) is 5.91 Å². The molecule has 0 radical (unpaired) electrons. The summed E-state index contributed by atoms with van der Waals surface area (Å²) in [6, 6.07) is 0. The number of carbonyl (C=O) groups excluding carboxylic acids is 1. The molecule has 1 saturated heterocycles. The first-order valence-electron chi connectivity index (χ1n) is 6.51. The van der Waals surface area contributed by atoms with Gasteiger partial charge in [0, 0.05) is 24.8 Å². The summed E-state index contributed by atoms with van der Waals surface area (Å²) in [5.41, 5.74) is 0. The number of hydrogen-bond donors (Lipinski definition) is 0. The van der Waals surface area contributed by atoms with Gasteiger partial charge < -0.3 is 4.90 Å². The Morgan fingerprint density at radius 1 is 1.56 bits per heavy atom. The highest BCUT2D eigenvalue weighted by atomic mass is 79.9. The first-order chi connectivity index (χ1) is 7.67. The Balaban J connectivity index is 2.37. The van der Waals surface area contributed by atoms with Crippen LogP contribution in [0.3, 0.4) is 0 Å². The predicted molar refractivity (Wildman–Crippen MR) is 71.8 cm³/mol. The van der Waals surface area contributed by atoms with Crippen LogP contribution in [0.1, 0.15) is 46.0 Å². The molecule has 1 rings (SSSR count). The number of likely N-dealkylation sites (tertiary alicyclic amines) is 1. The molecule has 0 aromatic carbocycles. The van der Waals surface area contributed by atoms with E-state index < -0.39 is 0 Å². The second-order valence-corrected chi connectivity index (χ2v) is 5.84. The van der Waals surface area contributed by atoms with Crippen LogP contribution in [-0.2, 0) is 4.79 Å². The Kier molecular flexibility index (Phi) is 6.40. The summed E-state index contributed by atoms with van der Waals surface area (Å²) in [4.78, 5) is 14.1.